The third-order valence-electron chi connectivity index (χ3n) is 4.40. The van der Waals surface area contributed by atoms with E-state index in [0.29, 0.717) is 17.5 Å². The number of hydrogen-bond donors (Lipinski definition) is 2. The van der Waals surface area contributed by atoms with E-state index >= 15 is 0 Å². The van der Waals surface area contributed by atoms with Gasteiger partial charge in [-0.1, -0.05) is 24.3 Å². The summed E-state index contributed by atoms with van der Waals surface area (Å²) in [5.41, 5.74) is 5.29. The highest BCUT2D eigenvalue weighted by atomic mass is 16.6. The van der Waals surface area contributed by atoms with Gasteiger partial charge < -0.3 is 0 Å². The number of nitro benzene ring substituents is 2. The van der Waals surface area contributed by atoms with Crippen molar-refractivity contribution in [2.24, 2.45) is 22.0 Å². The molecule has 1 aliphatic rings. The first-order valence-corrected chi connectivity index (χ1v) is 9.00. The molecule has 1 aliphatic carbocycles. The van der Waals surface area contributed by atoms with Gasteiger partial charge in [0.25, 0.3) is 11.4 Å². The Hall–Kier alpha value is -4.48. The fourth-order valence-corrected chi connectivity index (χ4v) is 2.72. The Bertz CT molecular complexity index is 1010. The van der Waals surface area contributed by atoms with Crippen LogP contribution in [0.3, 0.4) is 0 Å². The largest absolute Gasteiger partial charge is 0.273 e. The van der Waals surface area contributed by atoms with E-state index in [0.717, 1.165) is 0 Å². The second kappa shape index (κ2) is 9.35. The first kappa shape index (κ1) is 21.2. The summed E-state index contributed by atoms with van der Waals surface area (Å²) in [7, 11) is 0. The normalized spacial score (nSPS) is 17.4. The van der Waals surface area contributed by atoms with Crippen molar-refractivity contribution in [3.63, 3.8) is 0 Å². The Morgan fingerprint density at radius 1 is 0.839 bits per heavy atom. The third kappa shape index (κ3) is 5.76. The van der Waals surface area contributed by atoms with E-state index in [1.165, 1.54) is 48.8 Å². The molecule has 31 heavy (non-hydrogen) atoms. The average Bonchev–Trinajstić information content (AvgIpc) is 3.55. The number of nitrogens with zero attached hydrogens (tertiary/aromatic N) is 4. The van der Waals surface area contributed by atoms with Crippen molar-refractivity contribution < 1.29 is 19.4 Å². The molecule has 2 aromatic carbocycles. The molecule has 0 bridgehead atoms. The van der Waals surface area contributed by atoms with Gasteiger partial charge in [-0.2, -0.15) is 10.2 Å². The molecule has 0 radical (unpaired) electrons. The zero-order valence-electron chi connectivity index (χ0n) is 15.9. The van der Waals surface area contributed by atoms with Crippen molar-refractivity contribution in [1.82, 2.24) is 10.9 Å². The molecule has 2 N–H and O–H groups in total. The summed E-state index contributed by atoms with van der Waals surface area (Å²) < 4.78 is 0. The second-order valence-electron chi connectivity index (χ2n) is 6.62. The van der Waals surface area contributed by atoms with Crippen LogP contribution in [0.1, 0.15) is 17.5 Å². The summed E-state index contributed by atoms with van der Waals surface area (Å²) in [6.07, 6.45) is 2.87. The van der Waals surface area contributed by atoms with Crippen LogP contribution in [0, 0.1) is 32.1 Å². The van der Waals surface area contributed by atoms with E-state index in [1.807, 2.05) is 0 Å². The highest BCUT2D eigenvalue weighted by molar-refractivity contribution is 5.93. The molecule has 0 aliphatic heterocycles. The van der Waals surface area contributed by atoms with Crippen molar-refractivity contribution in [2.45, 2.75) is 6.42 Å². The van der Waals surface area contributed by atoms with Gasteiger partial charge in [0.15, 0.2) is 0 Å². The number of amides is 2. The number of hydrogen-bond acceptors (Lipinski definition) is 8. The number of hydrazone groups is 2. The third-order valence-corrected chi connectivity index (χ3v) is 4.40. The van der Waals surface area contributed by atoms with Gasteiger partial charge in [-0.05, 0) is 6.42 Å². The lowest BCUT2D eigenvalue weighted by Gasteiger charge is -2.00. The smallest absolute Gasteiger partial charge is 0.270 e. The Balaban J connectivity index is 1.46. The molecule has 2 amide bonds. The summed E-state index contributed by atoms with van der Waals surface area (Å²) in [5.74, 6) is -2.03. The molecular formula is C19H16N6O6. The fraction of sp³-hybridized carbons (Fsp3) is 0.158. The van der Waals surface area contributed by atoms with Crippen LogP contribution in [0.15, 0.2) is 58.7 Å². The van der Waals surface area contributed by atoms with E-state index in [1.54, 1.807) is 12.1 Å². The SMILES string of the molecule is O=C(NN=Cc1cccc([N+](=O)[O-])c1)C1CC1C(=O)NN=Cc1cccc([N+](=O)[O-])c1. The lowest BCUT2D eigenvalue weighted by Crippen LogP contribution is -2.25. The van der Waals surface area contributed by atoms with E-state index in [9.17, 15) is 29.8 Å². The van der Waals surface area contributed by atoms with Gasteiger partial charge >= 0.3 is 0 Å². The van der Waals surface area contributed by atoms with Crippen molar-refractivity contribution in [2.75, 3.05) is 0 Å². The average molecular weight is 424 g/mol. The topological polar surface area (TPSA) is 169 Å². The maximum atomic E-state index is 12.1. The van der Waals surface area contributed by atoms with Crippen LogP contribution in [-0.4, -0.2) is 34.1 Å². The van der Waals surface area contributed by atoms with Crippen LogP contribution < -0.4 is 10.9 Å². The number of nitrogens with one attached hydrogen (secondary N) is 2. The number of carbonyl (C=O) groups excluding carboxylic acids is 2. The monoisotopic (exact) mass is 424 g/mol. The summed E-state index contributed by atoms with van der Waals surface area (Å²) in [6.45, 7) is 0. The minimum absolute atomic E-state index is 0.0973. The van der Waals surface area contributed by atoms with Gasteiger partial charge in [0.1, 0.15) is 0 Å². The van der Waals surface area contributed by atoms with Crippen molar-refractivity contribution in [1.29, 1.82) is 0 Å². The van der Waals surface area contributed by atoms with Gasteiger partial charge in [-0.25, -0.2) is 10.9 Å². The zero-order valence-corrected chi connectivity index (χ0v) is 15.9. The Labute approximate surface area is 174 Å². The number of nitro groups is 2. The molecule has 0 heterocycles. The van der Waals surface area contributed by atoms with Crippen LogP contribution in [0.25, 0.3) is 0 Å². The van der Waals surface area contributed by atoms with E-state index in [2.05, 4.69) is 21.1 Å². The standard InChI is InChI=1S/C19H16N6O6/c26-18(22-20-10-12-3-1-5-14(7-12)24(28)29)16-9-17(16)19(27)23-21-11-13-4-2-6-15(8-13)25(30)31/h1-8,10-11,16-17H,9H2,(H,22,26)(H,23,27). The Morgan fingerprint density at radius 2 is 1.26 bits per heavy atom. The van der Waals surface area contributed by atoms with Crippen LogP contribution in [-0.2, 0) is 9.59 Å². The van der Waals surface area contributed by atoms with Crippen molar-refractivity contribution in [3.05, 3.63) is 79.9 Å². The summed E-state index contributed by atoms with van der Waals surface area (Å²) >= 11 is 0. The Morgan fingerprint density at radius 3 is 1.65 bits per heavy atom. The van der Waals surface area contributed by atoms with E-state index < -0.39 is 33.5 Å². The molecule has 12 heteroatoms. The molecular weight excluding hydrogens is 408 g/mol. The van der Waals surface area contributed by atoms with Crippen LogP contribution >= 0.6 is 0 Å². The molecule has 0 aromatic heterocycles. The minimum Gasteiger partial charge on any atom is -0.273 e. The van der Waals surface area contributed by atoms with Crippen LogP contribution in [0.4, 0.5) is 11.4 Å². The van der Waals surface area contributed by atoms with Gasteiger partial charge in [-0.3, -0.25) is 29.8 Å². The number of non-ortho nitro benzene ring substituents is 2. The fourth-order valence-electron chi connectivity index (χ4n) is 2.72. The highest BCUT2D eigenvalue weighted by Crippen LogP contribution is 2.38. The van der Waals surface area contributed by atoms with Gasteiger partial charge in [0.05, 0.1) is 34.1 Å². The first-order chi connectivity index (χ1) is 14.8. The maximum absolute atomic E-state index is 12.1. The zero-order chi connectivity index (χ0) is 22.4. The van der Waals surface area contributed by atoms with Crippen molar-refractivity contribution in [3.8, 4) is 0 Å². The molecule has 1 fully saturated rings. The second-order valence-corrected chi connectivity index (χ2v) is 6.62. The maximum Gasteiger partial charge on any atom is 0.270 e. The summed E-state index contributed by atoms with van der Waals surface area (Å²) in [5, 5.41) is 29.0. The number of rotatable bonds is 8. The molecule has 12 nitrogen and oxygen atoms in total. The lowest BCUT2D eigenvalue weighted by molar-refractivity contribution is -0.385. The molecule has 158 valence electrons. The quantitative estimate of drug-likeness (QED) is 0.371. The first-order valence-electron chi connectivity index (χ1n) is 9.00. The van der Waals surface area contributed by atoms with E-state index in [4.69, 9.17) is 0 Å². The van der Waals surface area contributed by atoms with E-state index in [-0.39, 0.29) is 11.4 Å². The predicted molar refractivity (Wildman–Crippen MR) is 109 cm³/mol. The molecule has 3 rings (SSSR count). The lowest BCUT2D eigenvalue weighted by atomic mass is 10.2. The Kier molecular flexibility index (Phi) is 6.40. The van der Waals surface area contributed by atoms with Crippen LogP contribution in [0.5, 0.6) is 0 Å². The van der Waals surface area contributed by atoms with Crippen molar-refractivity contribution >= 4 is 35.6 Å². The minimum atomic E-state index is -0.560. The number of benzene rings is 2. The van der Waals surface area contributed by atoms with Crippen LogP contribution in [0.2, 0.25) is 0 Å². The predicted octanol–water partition coefficient (Wildman–Crippen LogP) is 1.74. The molecule has 1 saturated carbocycles. The molecule has 0 spiro atoms. The summed E-state index contributed by atoms with van der Waals surface area (Å²) in [6, 6.07) is 11.5. The van der Waals surface area contributed by atoms with Gasteiger partial charge in [0.2, 0.25) is 11.8 Å². The number of carbonyl (C=O) groups is 2. The van der Waals surface area contributed by atoms with Gasteiger partial charge in [-0.15, -0.1) is 0 Å². The molecule has 2 atom stereocenters. The summed E-state index contributed by atoms with van der Waals surface area (Å²) in [4.78, 5) is 44.6. The molecule has 2 aromatic rings. The highest BCUT2D eigenvalue weighted by Gasteiger charge is 2.48. The van der Waals surface area contributed by atoms with Gasteiger partial charge in [0, 0.05) is 35.4 Å². The molecule has 0 saturated heterocycles. The molecule has 2 unspecified atom stereocenters.